The van der Waals surface area contributed by atoms with E-state index in [-0.39, 0.29) is 40.7 Å². The Balaban J connectivity index is 1.52. The molecule has 2 aromatic carbocycles. The zero-order valence-corrected chi connectivity index (χ0v) is 20.7. The van der Waals surface area contributed by atoms with Crippen molar-refractivity contribution in [1.29, 1.82) is 0 Å². The van der Waals surface area contributed by atoms with E-state index in [9.17, 15) is 55.2 Å². The smallest absolute Gasteiger partial charge is 0.198 e. The van der Waals surface area contributed by atoms with Crippen LogP contribution in [0, 0.1) is 0 Å². The van der Waals surface area contributed by atoms with Crippen LogP contribution in [-0.2, 0) is 20.9 Å². The summed E-state index contributed by atoms with van der Waals surface area (Å²) in [6.45, 7) is -2.04. The van der Waals surface area contributed by atoms with E-state index >= 15 is 0 Å². The number of aldehydes is 1. The molecule has 4 rings (SSSR count). The van der Waals surface area contributed by atoms with E-state index in [4.69, 9.17) is 14.2 Å². The van der Waals surface area contributed by atoms with Crippen molar-refractivity contribution in [3.63, 3.8) is 0 Å². The van der Waals surface area contributed by atoms with Gasteiger partial charge in [-0.25, -0.2) is 0 Å². The highest BCUT2D eigenvalue weighted by Gasteiger charge is 2.40. The van der Waals surface area contributed by atoms with Gasteiger partial charge in [0, 0.05) is 16.7 Å². The third-order valence-electron chi connectivity index (χ3n) is 6.77. The molecule has 1 aliphatic heterocycles. The number of ketones is 2. The molecule has 8 atom stereocenters. The number of hydrogen-bond donors (Lipinski definition) is 8. The molecular formula is C26H28O14. The molecule has 40 heavy (non-hydrogen) atoms. The number of ether oxygens (including phenoxy) is 3. The van der Waals surface area contributed by atoms with Crippen LogP contribution in [-0.4, -0.2) is 121 Å². The quantitative estimate of drug-likeness (QED) is 0.116. The minimum atomic E-state index is -2.12. The molecule has 8 N–H and O–H groups in total. The van der Waals surface area contributed by atoms with Crippen molar-refractivity contribution in [2.24, 2.45) is 0 Å². The average Bonchev–Trinajstić information content (AvgIpc) is 2.95. The number of aliphatic hydroxyl groups is 7. The van der Waals surface area contributed by atoms with E-state index < -0.39 is 85.3 Å². The monoisotopic (exact) mass is 564 g/mol. The van der Waals surface area contributed by atoms with Gasteiger partial charge in [0.1, 0.15) is 48.1 Å². The Labute approximate surface area is 226 Å². The van der Waals surface area contributed by atoms with Crippen LogP contribution in [0.25, 0.3) is 0 Å². The van der Waals surface area contributed by atoms with Gasteiger partial charge < -0.3 is 55.1 Å². The molecule has 1 fully saturated rings. The van der Waals surface area contributed by atoms with Gasteiger partial charge in [0.25, 0.3) is 0 Å². The molecule has 2 aliphatic rings. The van der Waals surface area contributed by atoms with Gasteiger partial charge in [0.2, 0.25) is 0 Å². The van der Waals surface area contributed by atoms with Crippen LogP contribution in [0.15, 0.2) is 30.3 Å². The molecule has 0 aromatic heterocycles. The number of fused-ring (bicyclic) bond motifs is 2. The molecule has 14 nitrogen and oxygen atoms in total. The van der Waals surface area contributed by atoms with Crippen LogP contribution in [0.5, 0.6) is 11.5 Å². The summed E-state index contributed by atoms with van der Waals surface area (Å²) in [5, 5.41) is 80.9. The normalized spacial score (nSPS) is 25.4. The molecule has 14 heteroatoms. The van der Waals surface area contributed by atoms with Gasteiger partial charge in [-0.05, 0) is 6.07 Å². The lowest BCUT2D eigenvalue weighted by Gasteiger charge is -2.35. The third kappa shape index (κ3) is 5.36. The molecule has 0 amide bonds. The fraction of sp³-hybridized carbons (Fsp3) is 0.423. The van der Waals surface area contributed by atoms with Gasteiger partial charge in [-0.15, -0.1) is 0 Å². The first-order chi connectivity index (χ1) is 19.0. The van der Waals surface area contributed by atoms with E-state index in [1.54, 1.807) is 0 Å². The Bertz CT molecular complexity index is 1280. The minimum Gasteiger partial charge on any atom is -0.507 e. The average molecular weight is 564 g/mol. The van der Waals surface area contributed by atoms with Crippen molar-refractivity contribution in [1.82, 2.24) is 0 Å². The Morgan fingerprint density at radius 3 is 2.25 bits per heavy atom. The predicted molar refractivity (Wildman–Crippen MR) is 130 cm³/mol. The van der Waals surface area contributed by atoms with Crippen LogP contribution in [0.1, 0.15) is 37.4 Å². The molecule has 8 unspecified atom stereocenters. The zero-order chi connectivity index (χ0) is 29.3. The maximum Gasteiger partial charge on any atom is 0.198 e. The summed E-state index contributed by atoms with van der Waals surface area (Å²) < 4.78 is 15.6. The summed E-state index contributed by atoms with van der Waals surface area (Å²) in [6.07, 6.45) is -14.1. The van der Waals surface area contributed by atoms with Crippen LogP contribution < -0.4 is 4.74 Å². The molecule has 2 aromatic rings. The van der Waals surface area contributed by atoms with Crippen LogP contribution >= 0.6 is 0 Å². The summed E-state index contributed by atoms with van der Waals surface area (Å²) in [7, 11) is 0. The van der Waals surface area contributed by atoms with Crippen LogP contribution in [0.2, 0.25) is 0 Å². The number of benzene rings is 2. The highest BCUT2D eigenvalue weighted by atomic mass is 16.7. The molecule has 0 radical (unpaired) electrons. The number of carbonyl (C=O) groups is 3. The molecule has 0 saturated carbocycles. The van der Waals surface area contributed by atoms with Gasteiger partial charge in [-0.2, -0.15) is 0 Å². The minimum absolute atomic E-state index is 0.0465. The zero-order valence-electron chi connectivity index (χ0n) is 20.7. The molecule has 0 spiro atoms. The van der Waals surface area contributed by atoms with Gasteiger partial charge in [-0.1, -0.05) is 24.3 Å². The fourth-order valence-electron chi connectivity index (χ4n) is 4.48. The van der Waals surface area contributed by atoms with Gasteiger partial charge in [-0.3, -0.25) is 14.4 Å². The second kappa shape index (κ2) is 12.1. The Hall–Kier alpha value is -3.31. The van der Waals surface area contributed by atoms with Crippen molar-refractivity contribution < 1.29 is 69.4 Å². The second-order valence-electron chi connectivity index (χ2n) is 9.34. The summed E-state index contributed by atoms with van der Waals surface area (Å²) >= 11 is 0. The maximum absolute atomic E-state index is 13.1. The SMILES string of the molecule is O=CC(Oc1cc2c(c(O)c1CO)C(=O)c1ccccc1C2=O)C(O)C(O)C(O)COC1OCC(O)C(O)C1O. The number of rotatable bonds is 10. The lowest BCUT2D eigenvalue weighted by atomic mass is 9.82. The number of carbonyl (C=O) groups excluding carboxylic acids is 3. The Morgan fingerprint density at radius 1 is 0.975 bits per heavy atom. The van der Waals surface area contributed by atoms with Gasteiger partial charge >= 0.3 is 0 Å². The van der Waals surface area contributed by atoms with Crippen molar-refractivity contribution in [2.45, 2.75) is 55.6 Å². The van der Waals surface area contributed by atoms with Crippen molar-refractivity contribution >= 4 is 17.9 Å². The van der Waals surface area contributed by atoms with Gasteiger partial charge in [0.05, 0.1) is 30.9 Å². The first-order valence-corrected chi connectivity index (χ1v) is 12.1. The number of hydrogen-bond acceptors (Lipinski definition) is 14. The summed E-state index contributed by atoms with van der Waals surface area (Å²) in [6, 6.07) is 6.91. The summed E-state index contributed by atoms with van der Waals surface area (Å²) in [5.41, 5.74) is -0.923. The molecule has 1 saturated heterocycles. The number of phenols is 1. The van der Waals surface area contributed by atoms with E-state index in [2.05, 4.69) is 0 Å². The summed E-state index contributed by atoms with van der Waals surface area (Å²) in [5.74, 6) is -2.53. The number of aromatic hydroxyl groups is 1. The lowest BCUT2D eigenvalue weighted by molar-refractivity contribution is -0.277. The van der Waals surface area contributed by atoms with E-state index in [0.29, 0.717) is 0 Å². The highest BCUT2D eigenvalue weighted by Crippen LogP contribution is 2.40. The van der Waals surface area contributed by atoms with Crippen LogP contribution in [0.4, 0.5) is 0 Å². The molecule has 1 aliphatic carbocycles. The van der Waals surface area contributed by atoms with Gasteiger partial charge in [0.15, 0.2) is 30.2 Å². The standard InChI is InChI=1S/C26H28O14/c27-6-13-16(5-12-18(21(13)33)20(32)11-4-2-1-3-10(11)19(12)31)40-17(7-28)24(36)22(34)14(29)8-38-26-25(37)23(35)15(30)9-39-26/h1-5,7,14-15,17,22-27,29-30,33-37H,6,8-9H2. The second-order valence-corrected chi connectivity index (χ2v) is 9.34. The van der Waals surface area contributed by atoms with Crippen LogP contribution in [0.3, 0.4) is 0 Å². The molecular weight excluding hydrogens is 536 g/mol. The Morgan fingerprint density at radius 2 is 1.62 bits per heavy atom. The fourth-order valence-corrected chi connectivity index (χ4v) is 4.48. The maximum atomic E-state index is 13.1. The lowest BCUT2D eigenvalue weighted by Crippen LogP contribution is -2.55. The van der Waals surface area contributed by atoms with Crippen molar-refractivity contribution in [3.05, 3.63) is 58.1 Å². The van der Waals surface area contributed by atoms with E-state index in [1.165, 1.54) is 24.3 Å². The Kier molecular flexibility index (Phi) is 8.94. The first kappa shape index (κ1) is 29.7. The van der Waals surface area contributed by atoms with E-state index in [0.717, 1.165) is 6.07 Å². The van der Waals surface area contributed by atoms with Crippen molar-refractivity contribution in [2.75, 3.05) is 13.2 Å². The molecule has 1 heterocycles. The topological polar surface area (TPSA) is 241 Å². The third-order valence-corrected chi connectivity index (χ3v) is 6.77. The van der Waals surface area contributed by atoms with E-state index in [1.807, 2.05) is 0 Å². The summed E-state index contributed by atoms with van der Waals surface area (Å²) in [4.78, 5) is 37.8. The molecule has 0 bridgehead atoms. The predicted octanol–water partition coefficient (Wildman–Crippen LogP) is -2.86. The number of aliphatic hydroxyl groups excluding tert-OH is 7. The largest absolute Gasteiger partial charge is 0.507 e. The first-order valence-electron chi connectivity index (χ1n) is 12.1. The highest BCUT2D eigenvalue weighted by molar-refractivity contribution is 6.29. The molecule has 216 valence electrons. The van der Waals surface area contributed by atoms with Crippen molar-refractivity contribution in [3.8, 4) is 11.5 Å².